The lowest BCUT2D eigenvalue weighted by atomic mass is 9.82. The first-order chi connectivity index (χ1) is 7.08. The Balaban J connectivity index is 2.28. The highest BCUT2D eigenvalue weighted by Crippen LogP contribution is 2.27. The molecular formula is C12H21NO2. The second-order valence-corrected chi connectivity index (χ2v) is 4.67. The van der Waals surface area contributed by atoms with Gasteiger partial charge in [0.15, 0.2) is 0 Å². The van der Waals surface area contributed by atoms with Gasteiger partial charge in [0.05, 0.1) is 0 Å². The average Bonchev–Trinajstić information content (AvgIpc) is 2.14. The van der Waals surface area contributed by atoms with Crippen molar-refractivity contribution in [2.45, 2.75) is 58.4 Å². The van der Waals surface area contributed by atoms with Crippen LogP contribution in [0.2, 0.25) is 0 Å². The van der Waals surface area contributed by atoms with Crippen LogP contribution in [0.15, 0.2) is 0 Å². The summed E-state index contributed by atoms with van der Waals surface area (Å²) in [6.45, 7) is 3.22. The van der Waals surface area contributed by atoms with E-state index in [2.05, 4.69) is 5.32 Å². The molecule has 1 aliphatic rings. The summed E-state index contributed by atoms with van der Waals surface area (Å²) in [6.07, 6.45) is 6.21. The number of carbonyl (C=O) groups excluding carboxylic acids is 2. The second kappa shape index (κ2) is 5.89. The third-order valence-electron chi connectivity index (χ3n) is 3.09. The molecule has 0 aromatic heterocycles. The van der Waals surface area contributed by atoms with Crippen molar-refractivity contribution < 1.29 is 9.59 Å². The van der Waals surface area contributed by atoms with Crippen molar-refractivity contribution >= 4 is 11.7 Å². The smallest absolute Gasteiger partial charge is 0.217 e. The topological polar surface area (TPSA) is 46.2 Å². The lowest BCUT2D eigenvalue weighted by Crippen LogP contribution is -2.37. The summed E-state index contributed by atoms with van der Waals surface area (Å²) in [5.41, 5.74) is 0. The van der Waals surface area contributed by atoms with Crippen molar-refractivity contribution in [2.24, 2.45) is 5.92 Å². The first-order valence-corrected chi connectivity index (χ1v) is 5.84. The maximum absolute atomic E-state index is 10.9. The van der Waals surface area contributed by atoms with Gasteiger partial charge < -0.3 is 10.1 Å². The molecule has 0 aromatic rings. The molecule has 1 amide bonds. The highest BCUT2D eigenvalue weighted by atomic mass is 16.1. The van der Waals surface area contributed by atoms with Gasteiger partial charge in [0, 0.05) is 19.4 Å². The fraction of sp³-hybridized carbons (Fsp3) is 0.833. The van der Waals surface area contributed by atoms with Crippen LogP contribution >= 0.6 is 0 Å². The van der Waals surface area contributed by atoms with E-state index in [1.165, 1.54) is 12.8 Å². The fourth-order valence-corrected chi connectivity index (χ4v) is 2.38. The van der Waals surface area contributed by atoms with Crippen LogP contribution in [0.3, 0.4) is 0 Å². The molecule has 2 atom stereocenters. The highest BCUT2D eigenvalue weighted by molar-refractivity contribution is 5.75. The molecule has 1 saturated carbocycles. The number of Topliss-reactive ketones (excluding diaryl/α,β-unsaturated/α-hetero) is 1. The van der Waals surface area contributed by atoms with Gasteiger partial charge in [0.25, 0.3) is 0 Å². The maximum Gasteiger partial charge on any atom is 0.217 e. The molecule has 1 fully saturated rings. The van der Waals surface area contributed by atoms with Crippen LogP contribution in [-0.4, -0.2) is 17.7 Å². The third-order valence-corrected chi connectivity index (χ3v) is 3.09. The summed E-state index contributed by atoms with van der Waals surface area (Å²) in [5.74, 6) is 0.961. The molecule has 1 aliphatic carbocycles. The predicted molar refractivity (Wildman–Crippen MR) is 59.5 cm³/mol. The Morgan fingerprint density at radius 3 is 2.60 bits per heavy atom. The van der Waals surface area contributed by atoms with Gasteiger partial charge in [-0.3, -0.25) is 4.79 Å². The Morgan fingerprint density at radius 2 is 2.00 bits per heavy atom. The zero-order valence-corrected chi connectivity index (χ0v) is 9.71. The zero-order chi connectivity index (χ0) is 11.3. The van der Waals surface area contributed by atoms with E-state index in [9.17, 15) is 9.59 Å². The number of nitrogens with one attached hydrogen (secondary N) is 1. The van der Waals surface area contributed by atoms with Crippen LogP contribution in [0, 0.1) is 5.92 Å². The van der Waals surface area contributed by atoms with Crippen molar-refractivity contribution in [1.29, 1.82) is 0 Å². The summed E-state index contributed by atoms with van der Waals surface area (Å²) in [4.78, 5) is 21.8. The summed E-state index contributed by atoms with van der Waals surface area (Å²) in [7, 11) is 0. The van der Waals surface area contributed by atoms with Crippen LogP contribution in [0.5, 0.6) is 0 Å². The first kappa shape index (κ1) is 12.2. The molecule has 3 heteroatoms. The maximum atomic E-state index is 10.9. The van der Waals surface area contributed by atoms with E-state index in [0.717, 1.165) is 19.3 Å². The summed E-state index contributed by atoms with van der Waals surface area (Å²) in [5, 5.41) is 2.98. The van der Waals surface area contributed by atoms with Crippen LogP contribution in [0.25, 0.3) is 0 Å². The van der Waals surface area contributed by atoms with Crippen molar-refractivity contribution in [3.63, 3.8) is 0 Å². The highest BCUT2D eigenvalue weighted by Gasteiger charge is 2.22. The van der Waals surface area contributed by atoms with Crippen LogP contribution < -0.4 is 5.32 Å². The summed E-state index contributed by atoms with van der Waals surface area (Å²) in [6, 6.07) is 0.341. The predicted octanol–water partition coefficient (Wildman–Crippen LogP) is 2.05. The number of hydrogen-bond acceptors (Lipinski definition) is 2. The normalized spacial score (nSPS) is 26.0. The number of ketones is 1. The van der Waals surface area contributed by atoms with Crippen LogP contribution in [-0.2, 0) is 9.59 Å². The first-order valence-electron chi connectivity index (χ1n) is 5.84. The Kier molecular flexibility index (Phi) is 4.79. The van der Waals surface area contributed by atoms with E-state index in [1.54, 1.807) is 13.8 Å². The van der Waals surface area contributed by atoms with Gasteiger partial charge in [-0.15, -0.1) is 0 Å². The number of rotatable bonds is 4. The minimum absolute atomic E-state index is 0.0622. The van der Waals surface area contributed by atoms with Crippen LogP contribution in [0.1, 0.15) is 52.4 Å². The SMILES string of the molecule is CC(=O)CCC1CCCC(NC(C)=O)C1. The number of carbonyl (C=O) groups is 2. The molecule has 2 unspecified atom stereocenters. The van der Waals surface area contributed by atoms with E-state index in [0.29, 0.717) is 18.4 Å². The van der Waals surface area contributed by atoms with E-state index in [1.807, 2.05) is 0 Å². The number of hydrogen-bond donors (Lipinski definition) is 1. The molecule has 3 nitrogen and oxygen atoms in total. The standard InChI is InChI=1S/C12H21NO2/c1-9(14)6-7-11-4-3-5-12(8-11)13-10(2)15/h11-12H,3-8H2,1-2H3,(H,13,15). The molecular weight excluding hydrogens is 190 g/mol. The van der Waals surface area contributed by atoms with Gasteiger partial charge in [-0.05, 0) is 32.1 Å². The van der Waals surface area contributed by atoms with Crippen molar-refractivity contribution in [1.82, 2.24) is 5.32 Å². The fourth-order valence-electron chi connectivity index (χ4n) is 2.38. The molecule has 15 heavy (non-hydrogen) atoms. The Hall–Kier alpha value is -0.860. The zero-order valence-electron chi connectivity index (χ0n) is 9.71. The molecule has 0 spiro atoms. The molecule has 0 bridgehead atoms. The van der Waals surface area contributed by atoms with Gasteiger partial charge in [-0.25, -0.2) is 0 Å². The minimum Gasteiger partial charge on any atom is -0.354 e. The lowest BCUT2D eigenvalue weighted by molar-refractivity contribution is -0.120. The molecule has 0 radical (unpaired) electrons. The molecule has 0 saturated heterocycles. The molecule has 1 N–H and O–H groups in total. The van der Waals surface area contributed by atoms with Gasteiger partial charge in [-0.1, -0.05) is 12.8 Å². The Morgan fingerprint density at radius 1 is 1.27 bits per heavy atom. The molecule has 0 aromatic carbocycles. The van der Waals surface area contributed by atoms with Crippen molar-refractivity contribution in [3.8, 4) is 0 Å². The molecule has 1 rings (SSSR count). The monoisotopic (exact) mass is 211 g/mol. The van der Waals surface area contributed by atoms with Crippen LogP contribution in [0.4, 0.5) is 0 Å². The van der Waals surface area contributed by atoms with Gasteiger partial charge >= 0.3 is 0 Å². The summed E-state index contributed by atoms with van der Waals surface area (Å²) < 4.78 is 0. The van der Waals surface area contributed by atoms with E-state index in [4.69, 9.17) is 0 Å². The molecule has 0 heterocycles. The largest absolute Gasteiger partial charge is 0.354 e. The van der Waals surface area contributed by atoms with Gasteiger partial charge in [0.1, 0.15) is 5.78 Å². The minimum atomic E-state index is 0.0622. The Labute approximate surface area is 91.6 Å². The quantitative estimate of drug-likeness (QED) is 0.773. The average molecular weight is 211 g/mol. The van der Waals surface area contributed by atoms with Crippen molar-refractivity contribution in [3.05, 3.63) is 0 Å². The Bertz CT molecular complexity index is 238. The summed E-state index contributed by atoms with van der Waals surface area (Å²) >= 11 is 0. The van der Waals surface area contributed by atoms with E-state index >= 15 is 0 Å². The molecule has 86 valence electrons. The van der Waals surface area contributed by atoms with Crippen molar-refractivity contribution in [2.75, 3.05) is 0 Å². The second-order valence-electron chi connectivity index (χ2n) is 4.67. The van der Waals surface area contributed by atoms with E-state index < -0.39 is 0 Å². The lowest BCUT2D eigenvalue weighted by Gasteiger charge is -2.29. The van der Waals surface area contributed by atoms with Gasteiger partial charge in [0.2, 0.25) is 5.91 Å². The van der Waals surface area contributed by atoms with E-state index in [-0.39, 0.29) is 11.7 Å². The van der Waals surface area contributed by atoms with Gasteiger partial charge in [-0.2, -0.15) is 0 Å². The number of amides is 1. The third kappa shape index (κ3) is 4.96. The molecule has 0 aliphatic heterocycles.